The fourth-order valence-corrected chi connectivity index (χ4v) is 6.66. The van der Waals surface area contributed by atoms with Gasteiger partial charge in [-0.05, 0) is 53.9 Å². The molecule has 0 bridgehead atoms. The van der Waals surface area contributed by atoms with Gasteiger partial charge in [-0.3, -0.25) is 13.9 Å². The molecule has 1 atom stereocenters. The van der Waals surface area contributed by atoms with Crippen LogP contribution in [-0.4, -0.2) is 51.4 Å². The molecule has 4 rings (SSSR count). The SMILES string of the molecule is CCCNC(=O)C(Cc1ccccc1)N(Cc1ccc(Cl)cc1Cl)C(=O)CN(c1cccc(OC)c1)S(=O)(=O)c1ccccc1. The number of hydrogen-bond acceptors (Lipinski definition) is 5. The minimum absolute atomic E-state index is 0.00874. The fraction of sp³-hybridized carbons (Fsp3) is 0.235. The lowest BCUT2D eigenvalue weighted by molar-refractivity contribution is -0.140. The molecule has 8 nitrogen and oxygen atoms in total. The number of nitrogens with one attached hydrogen (secondary N) is 1. The van der Waals surface area contributed by atoms with Crippen LogP contribution < -0.4 is 14.4 Å². The summed E-state index contributed by atoms with van der Waals surface area (Å²) in [5.41, 5.74) is 1.61. The fourth-order valence-electron chi connectivity index (χ4n) is 4.77. The van der Waals surface area contributed by atoms with Crippen molar-refractivity contribution in [3.05, 3.63) is 124 Å². The number of amides is 2. The topological polar surface area (TPSA) is 96.0 Å². The number of carbonyl (C=O) groups is 2. The van der Waals surface area contributed by atoms with Crippen molar-refractivity contribution in [3.8, 4) is 5.75 Å². The Kier molecular flexibility index (Phi) is 11.9. The van der Waals surface area contributed by atoms with Crippen molar-refractivity contribution >= 4 is 50.7 Å². The van der Waals surface area contributed by atoms with Gasteiger partial charge in [-0.2, -0.15) is 0 Å². The number of anilines is 1. The lowest BCUT2D eigenvalue weighted by atomic mass is 10.0. The largest absolute Gasteiger partial charge is 0.497 e. The van der Waals surface area contributed by atoms with Crippen molar-refractivity contribution in [1.29, 1.82) is 0 Å². The summed E-state index contributed by atoms with van der Waals surface area (Å²) in [5.74, 6) is -0.548. The van der Waals surface area contributed by atoms with Crippen molar-refractivity contribution in [2.24, 2.45) is 0 Å². The Morgan fingerprint density at radius 3 is 2.22 bits per heavy atom. The number of methoxy groups -OCH3 is 1. The van der Waals surface area contributed by atoms with Crippen LogP contribution in [0.15, 0.2) is 108 Å². The van der Waals surface area contributed by atoms with E-state index in [4.69, 9.17) is 27.9 Å². The van der Waals surface area contributed by atoms with Gasteiger partial charge in [0.15, 0.2) is 0 Å². The molecule has 4 aromatic rings. The van der Waals surface area contributed by atoms with Gasteiger partial charge >= 0.3 is 0 Å². The second kappa shape index (κ2) is 15.8. The first-order valence-electron chi connectivity index (χ1n) is 14.4. The average Bonchev–Trinajstić information content (AvgIpc) is 3.05. The van der Waals surface area contributed by atoms with Gasteiger partial charge in [0.05, 0.1) is 17.7 Å². The number of ether oxygens (including phenoxy) is 1. The molecule has 2 amide bonds. The van der Waals surface area contributed by atoms with Crippen molar-refractivity contribution in [1.82, 2.24) is 10.2 Å². The van der Waals surface area contributed by atoms with Crippen molar-refractivity contribution < 1.29 is 22.7 Å². The molecule has 0 aromatic heterocycles. The van der Waals surface area contributed by atoms with Gasteiger partial charge in [0, 0.05) is 35.6 Å². The van der Waals surface area contributed by atoms with Gasteiger partial charge in [-0.1, -0.05) is 90.8 Å². The van der Waals surface area contributed by atoms with E-state index >= 15 is 0 Å². The van der Waals surface area contributed by atoms with Crippen LogP contribution in [0.4, 0.5) is 5.69 Å². The first-order chi connectivity index (χ1) is 21.6. The third kappa shape index (κ3) is 8.78. The van der Waals surface area contributed by atoms with E-state index in [2.05, 4.69) is 5.32 Å². The van der Waals surface area contributed by atoms with Crippen LogP contribution in [0, 0.1) is 0 Å². The van der Waals surface area contributed by atoms with Crippen LogP contribution in [0.3, 0.4) is 0 Å². The molecule has 0 aliphatic rings. The zero-order chi connectivity index (χ0) is 32.4. The average molecular weight is 669 g/mol. The molecule has 11 heteroatoms. The zero-order valence-corrected chi connectivity index (χ0v) is 27.4. The predicted molar refractivity (Wildman–Crippen MR) is 178 cm³/mol. The number of carbonyl (C=O) groups excluding carboxylic acids is 2. The molecule has 0 saturated heterocycles. The number of halogens is 2. The molecule has 0 saturated carbocycles. The number of nitrogens with zero attached hydrogens (tertiary/aromatic N) is 2. The Morgan fingerprint density at radius 2 is 1.58 bits per heavy atom. The van der Waals surface area contributed by atoms with Gasteiger partial charge in [-0.15, -0.1) is 0 Å². The van der Waals surface area contributed by atoms with Crippen LogP contribution in [0.5, 0.6) is 5.75 Å². The van der Waals surface area contributed by atoms with Gasteiger partial charge in [-0.25, -0.2) is 8.42 Å². The molecule has 236 valence electrons. The highest BCUT2D eigenvalue weighted by Crippen LogP contribution is 2.29. The maximum Gasteiger partial charge on any atom is 0.264 e. The second-order valence-electron chi connectivity index (χ2n) is 10.3. The summed E-state index contributed by atoms with van der Waals surface area (Å²) in [4.78, 5) is 29.6. The van der Waals surface area contributed by atoms with Gasteiger partial charge in [0.2, 0.25) is 11.8 Å². The monoisotopic (exact) mass is 667 g/mol. The maximum absolute atomic E-state index is 14.5. The molecule has 1 N–H and O–H groups in total. The van der Waals surface area contributed by atoms with Crippen LogP contribution in [0.2, 0.25) is 10.0 Å². The summed E-state index contributed by atoms with van der Waals surface area (Å²) in [6.45, 7) is 1.68. The molecule has 4 aromatic carbocycles. The molecule has 0 fully saturated rings. The molecule has 0 aliphatic heterocycles. The molecular weight excluding hydrogens is 633 g/mol. The maximum atomic E-state index is 14.5. The highest BCUT2D eigenvalue weighted by molar-refractivity contribution is 7.92. The smallest absolute Gasteiger partial charge is 0.264 e. The summed E-state index contributed by atoms with van der Waals surface area (Å²) < 4.78 is 34.5. The normalized spacial score (nSPS) is 11.8. The molecule has 0 radical (unpaired) electrons. The van der Waals surface area contributed by atoms with Crippen LogP contribution in [-0.2, 0) is 32.6 Å². The van der Waals surface area contributed by atoms with Crippen molar-refractivity contribution in [2.75, 3.05) is 24.5 Å². The number of hydrogen-bond donors (Lipinski definition) is 1. The van der Waals surface area contributed by atoms with Gasteiger partial charge < -0.3 is 15.0 Å². The summed E-state index contributed by atoms with van der Waals surface area (Å²) in [6.07, 6.45) is 0.887. The first kappa shape index (κ1) is 33.8. The zero-order valence-electron chi connectivity index (χ0n) is 25.0. The van der Waals surface area contributed by atoms with E-state index in [9.17, 15) is 18.0 Å². The quantitative estimate of drug-likeness (QED) is 0.169. The van der Waals surface area contributed by atoms with E-state index in [0.29, 0.717) is 34.3 Å². The van der Waals surface area contributed by atoms with E-state index in [0.717, 1.165) is 9.87 Å². The summed E-state index contributed by atoms with van der Waals surface area (Å²) in [7, 11) is -2.75. The minimum atomic E-state index is -4.23. The van der Waals surface area contributed by atoms with E-state index in [1.165, 1.54) is 24.1 Å². The van der Waals surface area contributed by atoms with E-state index in [1.807, 2.05) is 37.3 Å². The minimum Gasteiger partial charge on any atom is -0.497 e. The Bertz CT molecular complexity index is 1710. The molecule has 0 heterocycles. The van der Waals surface area contributed by atoms with Crippen LogP contribution in [0.1, 0.15) is 24.5 Å². The lowest BCUT2D eigenvalue weighted by Gasteiger charge is -2.34. The number of benzene rings is 4. The second-order valence-corrected chi connectivity index (χ2v) is 13.0. The summed E-state index contributed by atoms with van der Waals surface area (Å²) >= 11 is 12.7. The molecule has 45 heavy (non-hydrogen) atoms. The summed E-state index contributed by atoms with van der Waals surface area (Å²) in [6, 6.07) is 27.6. The van der Waals surface area contributed by atoms with E-state index in [1.54, 1.807) is 60.7 Å². The highest BCUT2D eigenvalue weighted by atomic mass is 35.5. The standard InChI is InChI=1S/C34H35Cl2N3O5S/c1-3-19-37-34(41)32(20-25-11-6-4-7-12-25)38(23-26-17-18-27(35)21-31(26)36)33(40)24-39(28-13-10-14-29(22-28)44-2)45(42,43)30-15-8-5-9-16-30/h4-18,21-22,32H,3,19-20,23-24H2,1-2H3,(H,37,41). The number of sulfonamides is 1. The molecular formula is C34H35Cl2N3O5S. The lowest BCUT2D eigenvalue weighted by Crippen LogP contribution is -2.53. The molecule has 0 spiro atoms. The summed E-state index contributed by atoms with van der Waals surface area (Å²) in [5, 5.41) is 3.65. The Hall–Kier alpha value is -4.05. The predicted octanol–water partition coefficient (Wildman–Crippen LogP) is 6.36. The van der Waals surface area contributed by atoms with Crippen LogP contribution in [0.25, 0.3) is 0 Å². The van der Waals surface area contributed by atoms with Gasteiger partial charge in [0.1, 0.15) is 18.3 Å². The highest BCUT2D eigenvalue weighted by Gasteiger charge is 2.35. The van der Waals surface area contributed by atoms with Crippen LogP contribution >= 0.6 is 23.2 Å². The van der Waals surface area contributed by atoms with Gasteiger partial charge in [0.25, 0.3) is 10.0 Å². The third-order valence-corrected chi connectivity index (χ3v) is 9.50. The number of rotatable bonds is 14. The van der Waals surface area contributed by atoms with Crippen molar-refractivity contribution in [2.45, 2.75) is 37.2 Å². The first-order valence-corrected chi connectivity index (χ1v) is 16.6. The Morgan fingerprint density at radius 1 is 0.889 bits per heavy atom. The van der Waals surface area contributed by atoms with E-state index in [-0.39, 0.29) is 29.5 Å². The Balaban J connectivity index is 1.82. The molecule has 0 aliphatic carbocycles. The Labute approximate surface area is 274 Å². The molecule has 1 unspecified atom stereocenters. The van der Waals surface area contributed by atoms with Crippen molar-refractivity contribution in [3.63, 3.8) is 0 Å². The third-order valence-electron chi connectivity index (χ3n) is 7.13. The van der Waals surface area contributed by atoms with E-state index < -0.39 is 28.5 Å².